The van der Waals surface area contributed by atoms with Crippen molar-refractivity contribution in [1.29, 1.82) is 0 Å². The number of nitrogens with zero attached hydrogens (tertiary/aromatic N) is 2. The molecule has 152 valence electrons. The highest BCUT2D eigenvalue weighted by Gasteiger charge is 2.46. The van der Waals surface area contributed by atoms with E-state index >= 15 is 0 Å². The minimum absolute atomic E-state index is 0. The number of rotatable bonds is 8. The molecule has 1 aromatic rings. The summed E-state index contributed by atoms with van der Waals surface area (Å²) in [7, 11) is 3.37. The lowest BCUT2D eigenvalue weighted by Gasteiger charge is -2.20. The van der Waals surface area contributed by atoms with Gasteiger partial charge in [0, 0.05) is 44.4 Å². The van der Waals surface area contributed by atoms with Gasteiger partial charge in [0.1, 0.15) is 18.2 Å². The van der Waals surface area contributed by atoms with Crippen LogP contribution >= 0.6 is 35.7 Å². The number of hydrogen-bond donors (Lipinski definition) is 2. The van der Waals surface area contributed by atoms with Crippen molar-refractivity contribution in [3.63, 3.8) is 0 Å². The Balaban J connectivity index is 0.00000364. The fourth-order valence-electron chi connectivity index (χ4n) is 2.60. The molecule has 0 aliphatic heterocycles. The van der Waals surface area contributed by atoms with E-state index < -0.39 is 11.6 Å². The van der Waals surface area contributed by atoms with E-state index in [4.69, 9.17) is 0 Å². The second-order valence-corrected chi connectivity index (χ2v) is 7.62. The molecule has 0 spiro atoms. The minimum atomic E-state index is -0.571. The number of likely N-dealkylation sites (N-methyl/N-ethyl adjacent to an activating group) is 1. The second kappa shape index (κ2) is 11.0. The summed E-state index contributed by atoms with van der Waals surface area (Å²) in [6, 6.07) is 3.74. The van der Waals surface area contributed by atoms with E-state index in [9.17, 15) is 13.6 Å². The van der Waals surface area contributed by atoms with Crippen LogP contribution in [0.2, 0.25) is 0 Å². The van der Waals surface area contributed by atoms with Gasteiger partial charge in [-0.25, -0.2) is 13.8 Å². The summed E-state index contributed by atoms with van der Waals surface area (Å²) in [4.78, 5) is 17.6. The molecule has 0 aromatic heterocycles. The van der Waals surface area contributed by atoms with E-state index in [0.29, 0.717) is 24.6 Å². The van der Waals surface area contributed by atoms with Crippen molar-refractivity contribution in [2.75, 3.05) is 45.7 Å². The molecule has 1 fully saturated rings. The summed E-state index contributed by atoms with van der Waals surface area (Å²) in [5.74, 6) is 0.254. The molecule has 2 rings (SSSR count). The molecule has 2 N–H and O–H groups in total. The minimum Gasteiger partial charge on any atom is -0.356 e. The Bertz CT molecular complexity index is 669. The maximum atomic E-state index is 14.1. The van der Waals surface area contributed by atoms with Crippen LogP contribution in [-0.2, 0) is 10.2 Å². The van der Waals surface area contributed by atoms with Crippen molar-refractivity contribution >= 4 is 47.6 Å². The average Bonchev–Trinajstić information content (AvgIpc) is 3.37. The molecule has 5 nitrogen and oxygen atoms in total. The predicted molar refractivity (Wildman–Crippen MR) is 118 cm³/mol. The van der Waals surface area contributed by atoms with Crippen molar-refractivity contribution in [1.82, 2.24) is 15.5 Å². The van der Waals surface area contributed by atoms with Crippen LogP contribution in [0.1, 0.15) is 18.4 Å². The monoisotopic (exact) mass is 512 g/mol. The van der Waals surface area contributed by atoms with Crippen LogP contribution in [0.4, 0.5) is 8.78 Å². The Morgan fingerprint density at radius 2 is 2.00 bits per heavy atom. The molecule has 1 saturated carbocycles. The summed E-state index contributed by atoms with van der Waals surface area (Å²) >= 11 is 1.70. The number of aliphatic imine (C=N–C) groups is 1. The molecule has 1 aliphatic carbocycles. The van der Waals surface area contributed by atoms with Gasteiger partial charge in [-0.15, -0.1) is 24.0 Å². The molecule has 0 unspecified atom stereocenters. The van der Waals surface area contributed by atoms with Crippen molar-refractivity contribution in [3.05, 3.63) is 35.4 Å². The zero-order valence-corrected chi connectivity index (χ0v) is 19.0. The van der Waals surface area contributed by atoms with Crippen molar-refractivity contribution in [2.24, 2.45) is 4.99 Å². The second-order valence-electron chi connectivity index (χ2n) is 6.63. The van der Waals surface area contributed by atoms with Gasteiger partial charge in [-0.05, 0) is 30.7 Å². The molecule has 0 atom stereocenters. The highest BCUT2D eigenvalue weighted by Crippen LogP contribution is 2.48. The van der Waals surface area contributed by atoms with Gasteiger partial charge >= 0.3 is 0 Å². The number of benzene rings is 1. The van der Waals surface area contributed by atoms with E-state index in [0.717, 1.165) is 24.7 Å². The van der Waals surface area contributed by atoms with E-state index in [-0.39, 0.29) is 41.8 Å². The molecule has 1 amide bonds. The van der Waals surface area contributed by atoms with Gasteiger partial charge in [-0.1, -0.05) is 6.07 Å². The van der Waals surface area contributed by atoms with Crippen molar-refractivity contribution in [3.8, 4) is 0 Å². The van der Waals surface area contributed by atoms with E-state index in [2.05, 4.69) is 15.6 Å². The molecule has 9 heteroatoms. The Morgan fingerprint density at radius 1 is 1.30 bits per heavy atom. The molecule has 1 aliphatic rings. The Kier molecular flexibility index (Phi) is 9.78. The average molecular weight is 512 g/mol. The number of hydrogen-bond acceptors (Lipinski definition) is 3. The molecule has 0 heterocycles. The maximum Gasteiger partial charge on any atom is 0.243 e. The molecule has 0 radical (unpaired) electrons. The normalized spacial score (nSPS) is 14.9. The van der Waals surface area contributed by atoms with Crippen LogP contribution in [-0.4, -0.2) is 62.5 Å². The van der Waals surface area contributed by atoms with Gasteiger partial charge in [-0.3, -0.25) is 4.79 Å². The third-order valence-corrected chi connectivity index (χ3v) is 5.03. The number of carbonyl (C=O) groups is 1. The molecule has 0 saturated heterocycles. The summed E-state index contributed by atoms with van der Waals surface area (Å²) in [6.45, 7) is 1.23. The Labute approximate surface area is 180 Å². The number of nitrogens with one attached hydrogen (secondary N) is 2. The van der Waals surface area contributed by atoms with E-state index in [1.54, 1.807) is 25.9 Å². The number of carbonyl (C=O) groups excluding carboxylic acids is 1. The fraction of sp³-hybridized carbons (Fsp3) is 0.556. The third-order valence-electron chi connectivity index (χ3n) is 4.42. The van der Waals surface area contributed by atoms with Crippen molar-refractivity contribution in [2.45, 2.75) is 18.3 Å². The first-order chi connectivity index (χ1) is 12.4. The van der Waals surface area contributed by atoms with Crippen LogP contribution in [0.5, 0.6) is 0 Å². The highest BCUT2D eigenvalue weighted by atomic mass is 127. The van der Waals surface area contributed by atoms with Gasteiger partial charge in [0.05, 0.1) is 0 Å². The first-order valence-electron chi connectivity index (χ1n) is 8.55. The fourth-order valence-corrected chi connectivity index (χ4v) is 2.90. The number of guanidine groups is 1. The first-order valence-corrected chi connectivity index (χ1v) is 9.94. The van der Waals surface area contributed by atoms with Crippen molar-refractivity contribution < 1.29 is 13.6 Å². The van der Waals surface area contributed by atoms with Gasteiger partial charge in [0.2, 0.25) is 5.91 Å². The zero-order valence-electron chi connectivity index (χ0n) is 15.8. The Hall–Kier alpha value is -1.10. The topological polar surface area (TPSA) is 56.7 Å². The smallest absolute Gasteiger partial charge is 0.243 e. The Morgan fingerprint density at radius 3 is 2.56 bits per heavy atom. The molecule has 27 heavy (non-hydrogen) atoms. The maximum absolute atomic E-state index is 14.1. The largest absolute Gasteiger partial charge is 0.356 e. The summed E-state index contributed by atoms with van der Waals surface area (Å²) in [5.41, 5.74) is 0.185. The lowest BCUT2D eigenvalue weighted by Crippen LogP contribution is -2.43. The quantitative estimate of drug-likeness (QED) is 0.244. The van der Waals surface area contributed by atoms with Gasteiger partial charge in [0.15, 0.2) is 5.96 Å². The first kappa shape index (κ1) is 23.9. The standard InChI is InChI=1S/C18H26F2N4OS.HI/c1-24(2)16(25)11-22-17(21-8-9-26-3)23-12-18(6-7-18)14-5-4-13(19)10-15(14)20;/h4-5,10H,6-9,11-12H2,1-3H3,(H2,21,22,23);1H. The van der Waals surface area contributed by atoms with Crippen LogP contribution in [0.15, 0.2) is 23.2 Å². The van der Waals surface area contributed by atoms with E-state index in [1.807, 2.05) is 6.26 Å². The van der Waals surface area contributed by atoms with Crippen LogP contribution in [0.3, 0.4) is 0 Å². The van der Waals surface area contributed by atoms with E-state index in [1.165, 1.54) is 17.0 Å². The molecular weight excluding hydrogens is 485 g/mol. The van der Waals surface area contributed by atoms with Crippen LogP contribution < -0.4 is 10.6 Å². The lowest BCUT2D eigenvalue weighted by atomic mass is 9.95. The zero-order chi connectivity index (χ0) is 19.2. The number of amides is 1. The number of thioether (sulfide) groups is 1. The molecule has 0 bridgehead atoms. The molecular formula is C18H27F2IN4OS. The van der Waals surface area contributed by atoms with Gasteiger partial charge in [-0.2, -0.15) is 11.8 Å². The summed E-state index contributed by atoms with van der Waals surface area (Å²) in [5, 5.41) is 6.40. The van der Waals surface area contributed by atoms with Crippen LogP contribution in [0.25, 0.3) is 0 Å². The predicted octanol–water partition coefficient (Wildman–Crippen LogP) is 2.60. The van der Waals surface area contributed by atoms with Crippen LogP contribution in [0, 0.1) is 11.6 Å². The summed E-state index contributed by atoms with van der Waals surface area (Å²) < 4.78 is 27.3. The van der Waals surface area contributed by atoms with Gasteiger partial charge < -0.3 is 15.5 Å². The third kappa shape index (κ3) is 7.10. The SMILES string of the molecule is CSCCNC(=NCC(=O)N(C)C)NCC1(c2ccc(F)cc2F)CC1.I. The number of halogens is 3. The highest BCUT2D eigenvalue weighted by molar-refractivity contribution is 14.0. The lowest BCUT2D eigenvalue weighted by molar-refractivity contribution is -0.127. The summed E-state index contributed by atoms with van der Waals surface area (Å²) in [6.07, 6.45) is 3.67. The molecule has 1 aromatic carbocycles. The van der Waals surface area contributed by atoms with Gasteiger partial charge in [0.25, 0.3) is 0 Å².